The highest BCUT2D eigenvalue weighted by molar-refractivity contribution is 6.30. The zero-order valence-electron chi connectivity index (χ0n) is 19.0. The molecule has 1 amide bonds. The van der Waals surface area contributed by atoms with Gasteiger partial charge in [0.1, 0.15) is 11.5 Å². The van der Waals surface area contributed by atoms with E-state index in [0.717, 1.165) is 18.2 Å². The SMILES string of the molecule is O=C(N[C@@H](c1ccc(F)c(Cl)c1)[C@]1(F)CCNC1)c1ccc2cnc(NC3CCOCC3)nc2c1. The summed E-state index contributed by atoms with van der Waals surface area (Å²) in [6.45, 7) is 1.94. The standard InChI is InChI=1S/C25H26ClF2N5O2/c26-19-11-15(3-4-20(19)27)22(25(28)7-8-29-14-25)33-23(34)16-1-2-17-13-30-24(32-21(17)12-16)31-18-5-9-35-10-6-18/h1-4,11-13,18,22,29H,5-10,14H2,(H,33,34)(H,30,31,32)/t22-,25-/m0/s1. The van der Waals surface area contributed by atoms with Crippen LogP contribution in [-0.4, -0.2) is 53.9 Å². The van der Waals surface area contributed by atoms with Crippen molar-refractivity contribution in [2.24, 2.45) is 0 Å². The molecule has 0 saturated carbocycles. The third-order valence-electron chi connectivity index (χ3n) is 6.61. The molecule has 3 heterocycles. The van der Waals surface area contributed by atoms with E-state index in [9.17, 15) is 9.18 Å². The molecule has 1 aromatic heterocycles. The van der Waals surface area contributed by atoms with Crippen LogP contribution in [0.2, 0.25) is 5.02 Å². The van der Waals surface area contributed by atoms with Gasteiger partial charge < -0.3 is 20.7 Å². The van der Waals surface area contributed by atoms with Gasteiger partial charge in [0.05, 0.1) is 16.6 Å². The van der Waals surface area contributed by atoms with Crippen molar-refractivity contribution in [2.45, 2.75) is 37.0 Å². The number of aromatic nitrogens is 2. The van der Waals surface area contributed by atoms with Crippen LogP contribution in [0.5, 0.6) is 0 Å². The molecule has 2 fully saturated rings. The zero-order chi connectivity index (χ0) is 24.4. The van der Waals surface area contributed by atoms with Gasteiger partial charge in [-0.3, -0.25) is 4.79 Å². The molecule has 0 unspecified atom stereocenters. The van der Waals surface area contributed by atoms with E-state index in [1.807, 2.05) is 0 Å². The third-order valence-corrected chi connectivity index (χ3v) is 6.90. The molecule has 0 bridgehead atoms. The minimum Gasteiger partial charge on any atom is -0.381 e. The Bertz CT molecular complexity index is 1230. The van der Waals surface area contributed by atoms with Crippen molar-refractivity contribution in [1.29, 1.82) is 0 Å². The zero-order valence-corrected chi connectivity index (χ0v) is 19.7. The molecular formula is C25H26ClF2N5O2. The number of ether oxygens (including phenoxy) is 1. The van der Waals surface area contributed by atoms with Crippen LogP contribution in [0.15, 0.2) is 42.6 Å². The normalized spacial score (nSPS) is 21.7. The van der Waals surface area contributed by atoms with Gasteiger partial charge in [0, 0.05) is 42.9 Å². The predicted octanol–water partition coefficient (Wildman–Crippen LogP) is 4.19. The van der Waals surface area contributed by atoms with Crippen molar-refractivity contribution in [3.05, 3.63) is 64.6 Å². The van der Waals surface area contributed by atoms with Crippen LogP contribution >= 0.6 is 11.6 Å². The summed E-state index contributed by atoms with van der Waals surface area (Å²) < 4.78 is 35.0. The summed E-state index contributed by atoms with van der Waals surface area (Å²) in [6, 6.07) is 8.30. The maximum Gasteiger partial charge on any atom is 0.251 e. The number of rotatable bonds is 6. The lowest BCUT2D eigenvalue weighted by atomic mass is 9.89. The van der Waals surface area contributed by atoms with E-state index >= 15 is 4.39 Å². The number of nitrogens with zero attached hydrogens (tertiary/aromatic N) is 2. The first-order valence-corrected chi connectivity index (χ1v) is 12.1. The van der Waals surface area contributed by atoms with E-state index in [0.29, 0.717) is 42.4 Å². The number of benzene rings is 2. The van der Waals surface area contributed by atoms with E-state index in [-0.39, 0.29) is 24.0 Å². The summed E-state index contributed by atoms with van der Waals surface area (Å²) in [5.74, 6) is -0.573. The van der Waals surface area contributed by atoms with Crippen molar-refractivity contribution < 1.29 is 18.3 Å². The summed E-state index contributed by atoms with van der Waals surface area (Å²) >= 11 is 5.96. The molecule has 5 rings (SSSR count). The Balaban J connectivity index is 1.40. The van der Waals surface area contributed by atoms with Crippen LogP contribution in [0.25, 0.3) is 10.9 Å². The highest BCUT2D eigenvalue weighted by Gasteiger charge is 2.44. The Hall–Kier alpha value is -2.88. The minimum absolute atomic E-state index is 0.0686. The molecule has 0 aliphatic carbocycles. The Morgan fingerprint density at radius 2 is 2.06 bits per heavy atom. The second-order valence-corrected chi connectivity index (χ2v) is 9.45. The lowest BCUT2D eigenvalue weighted by Crippen LogP contribution is -2.44. The van der Waals surface area contributed by atoms with E-state index in [4.69, 9.17) is 16.3 Å². The van der Waals surface area contributed by atoms with Gasteiger partial charge in [-0.05, 0) is 55.6 Å². The summed E-state index contributed by atoms with van der Waals surface area (Å²) in [5.41, 5.74) is -0.402. The van der Waals surface area contributed by atoms with Gasteiger partial charge >= 0.3 is 0 Å². The monoisotopic (exact) mass is 501 g/mol. The molecule has 0 radical (unpaired) electrons. The second kappa shape index (κ2) is 10.0. The van der Waals surface area contributed by atoms with Crippen molar-refractivity contribution >= 4 is 34.4 Å². The second-order valence-electron chi connectivity index (χ2n) is 9.04. The number of fused-ring (bicyclic) bond motifs is 1. The van der Waals surface area contributed by atoms with Crippen LogP contribution < -0.4 is 16.0 Å². The highest BCUT2D eigenvalue weighted by atomic mass is 35.5. The first kappa shape index (κ1) is 23.8. The number of carbonyl (C=O) groups excluding carboxylic acids is 1. The molecule has 184 valence electrons. The van der Waals surface area contributed by atoms with Gasteiger partial charge in [0.15, 0.2) is 0 Å². The van der Waals surface area contributed by atoms with Crippen LogP contribution in [0, 0.1) is 5.82 Å². The fourth-order valence-corrected chi connectivity index (χ4v) is 4.79. The Kier molecular flexibility index (Phi) is 6.82. The predicted molar refractivity (Wildman–Crippen MR) is 130 cm³/mol. The Labute approximate surface area is 206 Å². The quantitative estimate of drug-likeness (QED) is 0.469. The molecule has 3 N–H and O–H groups in total. The van der Waals surface area contributed by atoms with Crippen molar-refractivity contribution in [3.8, 4) is 0 Å². The summed E-state index contributed by atoms with van der Waals surface area (Å²) in [5, 5.41) is 9.80. The number of carbonyl (C=O) groups is 1. The summed E-state index contributed by atoms with van der Waals surface area (Å²) in [6.07, 6.45) is 3.66. The molecule has 2 aliphatic heterocycles. The number of anilines is 1. The van der Waals surface area contributed by atoms with Crippen molar-refractivity contribution in [3.63, 3.8) is 0 Å². The largest absolute Gasteiger partial charge is 0.381 e. The van der Waals surface area contributed by atoms with Gasteiger partial charge in [-0.1, -0.05) is 23.7 Å². The lowest BCUT2D eigenvalue weighted by Gasteiger charge is -2.31. The van der Waals surface area contributed by atoms with E-state index in [2.05, 4.69) is 25.9 Å². The molecule has 2 aromatic carbocycles. The maximum atomic E-state index is 15.8. The first-order valence-electron chi connectivity index (χ1n) is 11.7. The average Bonchev–Trinajstić information content (AvgIpc) is 3.31. The topological polar surface area (TPSA) is 88.2 Å². The first-order chi connectivity index (χ1) is 16.9. The van der Waals surface area contributed by atoms with Crippen molar-refractivity contribution in [2.75, 3.05) is 31.6 Å². The number of halogens is 3. The highest BCUT2D eigenvalue weighted by Crippen LogP contribution is 2.36. The van der Waals surface area contributed by atoms with Gasteiger partial charge in [0.2, 0.25) is 5.95 Å². The van der Waals surface area contributed by atoms with Crippen molar-refractivity contribution in [1.82, 2.24) is 20.6 Å². The van der Waals surface area contributed by atoms with E-state index in [1.54, 1.807) is 24.4 Å². The van der Waals surface area contributed by atoms with Crippen LogP contribution in [-0.2, 0) is 4.74 Å². The molecule has 2 saturated heterocycles. The number of amides is 1. The molecule has 2 atom stereocenters. The maximum absolute atomic E-state index is 15.8. The summed E-state index contributed by atoms with van der Waals surface area (Å²) in [4.78, 5) is 22.2. The fraction of sp³-hybridized carbons (Fsp3) is 0.400. The minimum atomic E-state index is -1.74. The average molecular weight is 502 g/mol. The number of nitrogens with one attached hydrogen (secondary N) is 3. The van der Waals surface area contributed by atoms with Crippen LogP contribution in [0.3, 0.4) is 0 Å². The van der Waals surface area contributed by atoms with E-state index in [1.165, 1.54) is 18.2 Å². The molecule has 10 heteroatoms. The smallest absolute Gasteiger partial charge is 0.251 e. The summed E-state index contributed by atoms with van der Waals surface area (Å²) in [7, 11) is 0. The molecule has 2 aliphatic rings. The van der Waals surface area contributed by atoms with Gasteiger partial charge in [-0.25, -0.2) is 18.7 Å². The molecule has 35 heavy (non-hydrogen) atoms. The van der Waals surface area contributed by atoms with Gasteiger partial charge in [0.25, 0.3) is 5.91 Å². The Morgan fingerprint density at radius 1 is 1.23 bits per heavy atom. The Morgan fingerprint density at radius 3 is 2.80 bits per heavy atom. The van der Waals surface area contributed by atoms with Crippen LogP contribution in [0.1, 0.15) is 41.2 Å². The number of hydrogen-bond donors (Lipinski definition) is 3. The van der Waals surface area contributed by atoms with Gasteiger partial charge in [-0.2, -0.15) is 0 Å². The molecule has 0 spiro atoms. The molecule has 7 nitrogen and oxygen atoms in total. The fourth-order valence-electron chi connectivity index (χ4n) is 4.60. The molecule has 3 aromatic rings. The third kappa shape index (κ3) is 5.22. The lowest BCUT2D eigenvalue weighted by molar-refractivity contribution is 0.0813. The molecular weight excluding hydrogens is 476 g/mol. The van der Waals surface area contributed by atoms with Crippen LogP contribution in [0.4, 0.5) is 14.7 Å². The number of hydrogen-bond acceptors (Lipinski definition) is 6. The van der Waals surface area contributed by atoms with Gasteiger partial charge in [-0.15, -0.1) is 0 Å². The number of alkyl halides is 1. The van der Waals surface area contributed by atoms with E-state index < -0.39 is 23.4 Å².